The molecule has 168 valence electrons. The van der Waals surface area contributed by atoms with E-state index in [1.807, 2.05) is 75.4 Å². The maximum atomic E-state index is 13.3. The molecule has 1 amide bonds. The van der Waals surface area contributed by atoms with Crippen molar-refractivity contribution in [3.63, 3.8) is 0 Å². The predicted molar refractivity (Wildman–Crippen MR) is 120 cm³/mol. The zero-order chi connectivity index (χ0) is 22.9. The zero-order valence-electron chi connectivity index (χ0n) is 18.6. The lowest BCUT2D eigenvalue weighted by molar-refractivity contribution is -0.153. The number of nitrogens with one attached hydrogen (secondary N) is 2. The van der Waals surface area contributed by atoms with E-state index in [0.717, 1.165) is 24.0 Å². The Morgan fingerprint density at radius 1 is 1.06 bits per heavy atom. The standard InChI is InChI=1S/C24H29N5O3/c1-4-5-15-20(30)25-21(16(2)3)24(31)32-22(17-11-7-6-8-12-17)18-13-9-10-14-19(18)23-26-28-29-27-23/h6-14,16,21-22H,4-5,15H2,1-3H3,(H,25,30)(H,26,27,28,29)/t21-,22?/m0/s1. The summed E-state index contributed by atoms with van der Waals surface area (Å²) in [4.78, 5) is 25.6. The van der Waals surface area contributed by atoms with Crippen LogP contribution in [0.4, 0.5) is 0 Å². The SMILES string of the molecule is CCCCC(=O)N[C@H](C(=O)OC(c1ccccc1)c1ccccc1-c1nn[nH]n1)C(C)C. The molecule has 0 bridgehead atoms. The summed E-state index contributed by atoms with van der Waals surface area (Å²) in [5.74, 6) is -0.351. The summed E-state index contributed by atoms with van der Waals surface area (Å²) in [6.07, 6.45) is 1.37. The van der Waals surface area contributed by atoms with Crippen LogP contribution < -0.4 is 5.32 Å². The summed E-state index contributed by atoms with van der Waals surface area (Å²) < 4.78 is 6.05. The molecule has 8 nitrogen and oxygen atoms in total. The quantitative estimate of drug-likeness (QED) is 0.468. The van der Waals surface area contributed by atoms with Crippen molar-refractivity contribution in [2.24, 2.45) is 5.92 Å². The fraction of sp³-hybridized carbons (Fsp3) is 0.375. The third-order valence-electron chi connectivity index (χ3n) is 5.16. The fourth-order valence-electron chi connectivity index (χ4n) is 3.41. The molecule has 0 saturated heterocycles. The van der Waals surface area contributed by atoms with E-state index in [9.17, 15) is 9.59 Å². The molecule has 0 aliphatic rings. The average molecular weight is 436 g/mol. The number of aromatic amines is 1. The molecule has 0 aliphatic heterocycles. The molecular weight excluding hydrogens is 406 g/mol. The van der Waals surface area contributed by atoms with Crippen molar-refractivity contribution in [1.82, 2.24) is 25.9 Å². The number of hydrogen-bond donors (Lipinski definition) is 2. The first-order valence-electron chi connectivity index (χ1n) is 10.9. The third-order valence-corrected chi connectivity index (χ3v) is 5.16. The van der Waals surface area contributed by atoms with Crippen molar-refractivity contribution >= 4 is 11.9 Å². The molecule has 0 fully saturated rings. The number of hydrogen-bond acceptors (Lipinski definition) is 6. The molecule has 1 aromatic heterocycles. The first-order chi connectivity index (χ1) is 15.5. The number of esters is 1. The van der Waals surface area contributed by atoms with Gasteiger partial charge in [0.1, 0.15) is 6.04 Å². The highest BCUT2D eigenvalue weighted by Gasteiger charge is 2.30. The van der Waals surface area contributed by atoms with Crippen LogP contribution >= 0.6 is 0 Å². The summed E-state index contributed by atoms with van der Waals surface area (Å²) in [6, 6.07) is 16.2. The Balaban J connectivity index is 1.93. The number of aromatic nitrogens is 4. The Morgan fingerprint density at radius 2 is 1.78 bits per heavy atom. The molecule has 0 saturated carbocycles. The van der Waals surface area contributed by atoms with E-state index in [2.05, 4.69) is 25.9 Å². The molecule has 2 atom stereocenters. The van der Waals surface area contributed by atoms with Crippen LogP contribution in [0, 0.1) is 5.92 Å². The number of H-pyrrole nitrogens is 1. The largest absolute Gasteiger partial charge is 0.451 e. The van der Waals surface area contributed by atoms with Crippen molar-refractivity contribution < 1.29 is 14.3 Å². The van der Waals surface area contributed by atoms with Crippen molar-refractivity contribution in [2.45, 2.75) is 52.2 Å². The summed E-state index contributed by atoms with van der Waals surface area (Å²) in [7, 11) is 0. The van der Waals surface area contributed by atoms with Gasteiger partial charge in [-0.1, -0.05) is 81.8 Å². The second kappa shape index (κ2) is 11.2. The van der Waals surface area contributed by atoms with Gasteiger partial charge < -0.3 is 10.1 Å². The second-order valence-corrected chi connectivity index (χ2v) is 7.94. The molecule has 0 radical (unpaired) electrons. The van der Waals surface area contributed by atoms with E-state index in [4.69, 9.17) is 4.74 Å². The topological polar surface area (TPSA) is 110 Å². The lowest BCUT2D eigenvalue weighted by Gasteiger charge is -2.26. The number of amides is 1. The van der Waals surface area contributed by atoms with Gasteiger partial charge >= 0.3 is 5.97 Å². The van der Waals surface area contributed by atoms with Gasteiger partial charge in [0.2, 0.25) is 11.7 Å². The number of benzene rings is 2. The van der Waals surface area contributed by atoms with E-state index < -0.39 is 18.1 Å². The van der Waals surface area contributed by atoms with Gasteiger partial charge in [0.05, 0.1) is 0 Å². The predicted octanol–water partition coefficient (Wildman–Crippen LogP) is 3.83. The third kappa shape index (κ3) is 5.78. The maximum Gasteiger partial charge on any atom is 0.329 e. The van der Waals surface area contributed by atoms with Gasteiger partial charge in [0.25, 0.3) is 0 Å². The van der Waals surface area contributed by atoms with Gasteiger partial charge in [-0.25, -0.2) is 4.79 Å². The van der Waals surface area contributed by atoms with Crippen LogP contribution in [-0.4, -0.2) is 38.5 Å². The highest BCUT2D eigenvalue weighted by atomic mass is 16.5. The van der Waals surface area contributed by atoms with Gasteiger partial charge in [-0.3, -0.25) is 4.79 Å². The molecule has 3 aromatic rings. The van der Waals surface area contributed by atoms with E-state index in [-0.39, 0.29) is 11.8 Å². The van der Waals surface area contributed by atoms with E-state index in [1.165, 1.54) is 0 Å². The number of carbonyl (C=O) groups is 2. The molecule has 3 rings (SSSR count). The van der Waals surface area contributed by atoms with Crippen molar-refractivity contribution in [3.05, 3.63) is 65.7 Å². The number of unbranched alkanes of at least 4 members (excludes halogenated alkanes) is 1. The number of ether oxygens (including phenoxy) is 1. The normalized spacial score (nSPS) is 12.9. The summed E-state index contributed by atoms with van der Waals surface area (Å²) in [6.45, 7) is 5.79. The van der Waals surface area contributed by atoms with Crippen LogP contribution in [0.5, 0.6) is 0 Å². The van der Waals surface area contributed by atoms with Gasteiger partial charge in [0.15, 0.2) is 6.10 Å². The van der Waals surface area contributed by atoms with Crippen LogP contribution in [0.2, 0.25) is 0 Å². The monoisotopic (exact) mass is 435 g/mol. The molecular formula is C24H29N5O3. The van der Waals surface area contributed by atoms with Gasteiger partial charge in [-0.15, -0.1) is 10.2 Å². The number of carbonyl (C=O) groups excluding carboxylic acids is 2. The minimum absolute atomic E-state index is 0.128. The number of nitrogens with zero attached hydrogens (tertiary/aromatic N) is 3. The van der Waals surface area contributed by atoms with Crippen LogP contribution in [0.15, 0.2) is 54.6 Å². The zero-order valence-corrected chi connectivity index (χ0v) is 18.6. The molecule has 2 aromatic carbocycles. The minimum Gasteiger partial charge on any atom is -0.451 e. The Hall–Kier alpha value is -3.55. The summed E-state index contributed by atoms with van der Waals surface area (Å²) in [5, 5.41) is 17.1. The van der Waals surface area contributed by atoms with Crippen molar-refractivity contribution in [2.75, 3.05) is 0 Å². The highest BCUT2D eigenvalue weighted by Crippen LogP contribution is 2.33. The summed E-state index contributed by atoms with van der Waals surface area (Å²) in [5.41, 5.74) is 2.24. The van der Waals surface area contributed by atoms with Crippen LogP contribution in [0.1, 0.15) is 57.3 Å². The summed E-state index contributed by atoms with van der Waals surface area (Å²) >= 11 is 0. The average Bonchev–Trinajstić information content (AvgIpc) is 3.35. The van der Waals surface area contributed by atoms with Crippen LogP contribution in [0.25, 0.3) is 11.4 Å². The highest BCUT2D eigenvalue weighted by molar-refractivity contribution is 5.85. The van der Waals surface area contributed by atoms with Crippen molar-refractivity contribution in [3.8, 4) is 11.4 Å². The molecule has 0 aliphatic carbocycles. The number of rotatable bonds is 10. The maximum absolute atomic E-state index is 13.3. The smallest absolute Gasteiger partial charge is 0.329 e. The fourth-order valence-corrected chi connectivity index (χ4v) is 3.41. The van der Waals surface area contributed by atoms with E-state index >= 15 is 0 Å². The first-order valence-corrected chi connectivity index (χ1v) is 10.9. The Bertz CT molecular complexity index is 1010. The van der Waals surface area contributed by atoms with Crippen LogP contribution in [-0.2, 0) is 14.3 Å². The molecule has 1 unspecified atom stereocenters. The Labute approximate surface area is 187 Å². The van der Waals surface area contributed by atoms with Crippen molar-refractivity contribution in [1.29, 1.82) is 0 Å². The Morgan fingerprint density at radius 3 is 2.44 bits per heavy atom. The van der Waals surface area contributed by atoms with E-state index in [0.29, 0.717) is 17.8 Å². The lowest BCUT2D eigenvalue weighted by Crippen LogP contribution is -2.45. The molecule has 32 heavy (non-hydrogen) atoms. The van der Waals surface area contributed by atoms with Gasteiger partial charge in [-0.05, 0) is 23.1 Å². The van der Waals surface area contributed by atoms with Crippen LogP contribution in [0.3, 0.4) is 0 Å². The number of tetrazole rings is 1. The molecule has 0 spiro atoms. The van der Waals surface area contributed by atoms with E-state index in [1.54, 1.807) is 0 Å². The molecule has 1 heterocycles. The Kier molecular flexibility index (Phi) is 8.08. The van der Waals surface area contributed by atoms with Gasteiger partial charge in [0, 0.05) is 17.5 Å². The second-order valence-electron chi connectivity index (χ2n) is 7.94. The molecule has 2 N–H and O–H groups in total. The first kappa shape index (κ1) is 23.1. The lowest BCUT2D eigenvalue weighted by atomic mass is 9.96. The van der Waals surface area contributed by atoms with Gasteiger partial charge in [-0.2, -0.15) is 5.21 Å². The minimum atomic E-state index is -0.747. The molecule has 8 heteroatoms.